The molecule has 0 atom stereocenters. The van der Waals surface area contributed by atoms with Gasteiger partial charge in [0, 0.05) is 19.1 Å². The number of amides is 1. The van der Waals surface area contributed by atoms with Gasteiger partial charge in [0.15, 0.2) is 0 Å². The van der Waals surface area contributed by atoms with E-state index in [1.165, 1.54) is 19.4 Å². The molecule has 1 saturated heterocycles. The molecule has 4 nitrogen and oxygen atoms in total. The molecule has 0 spiro atoms. The van der Waals surface area contributed by atoms with Crippen molar-refractivity contribution in [2.45, 2.75) is 45.6 Å². The molecule has 1 fully saturated rings. The summed E-state index contributed by atoms with van der Waals surface area (Å²) in [4.78, 5) is 16.1. The van der Waals surface area contributed by atoms with Crippen LogP contribution in [0.1, 0.15) is 39.5 Å². The Hall–Kier alpha value is -0.610. The van der Waals surface area contributed by atoms with Gasteiger partial charge >= 0.3 is 0 Å². The van der Waals surface area contributed by atoms with Gasteiger partial charge in [0.1, 0.15) is 0 Å². The smallest absolute Gasteiger partial charge is 0.234 e. The quantitative estimate of drug-likeness (QED) is 0.762. The second-order valence-electron chi connectivity index (χ2n) is 6.46. The number of carbonyl (C=O) groups is 1. The predicted molar refractivity (Wildman–Crippen MR) is 80.2 cm³/mol. The van der Waals surface area contributed by atoms with E-state index in [9.17, 15) is 4.79 Å². The summed E-state index contributed by atoms with van der Waals surface area (Å²) in [7, 11) is 3.85. The molecule has 19 heavy (non-hydrogen) atoms. The zero-order valence-electron chi connectivity index (χ0n) is 13.1. The van der Waals surface area contributed by atoms with E-state index in [2.05, 4.69) is 24.1 Å². The zero-order chi connectivity index (χ0) is 14.3. The fraction of sp³-hybridized carbons (Fsp3) is 0.933. The van der Waals surface area contributed by atoms with Gasteiger partial charge in [-0.2, -0.15) is 0 Å². The normalized spacial score (nSPS) is 18.2. The highest BCUT2D eigenvalue weighted by atomic mass is 16.2. The minimum absolute atomic E-state index is 0.156. The van der Waals surface area contributed by atoms with Crippen molar-refractivity contribution in [3.63, 3.8) is 0 Å². The molecule has 0 aromatic rings. The molecule has 4 heteroatoms. The monoisotopic (exact) mass is 269 g/mol. The van der Waals surface area contributed by atoms with E-state index in [0.29, 0.717) is 12.6 Å². The summed E-state index contributed by atoms with van der Waals surface area (Å²) in [5, 5.41) is 3.14. The van der Waals surface area contributed by atoms with E-state index >= 15 is 0 Å². The third-order valence-electron chi connectivity index (χ3n) is 3.67. The van der Waals surface area contributed by atoms with Crippen molar-refractivity contribution in [2.24, 2.45) is 5.92 Å². The van der Waals surface area contributed by atoms with Gasteiger partial charge in [0.05, 0.1) is 6.54 Å². The van der Waals surface area contributed by atoms with Gasteiger partial charge in [0.2, 0.25) is 5.91 Å². The Bertz CT molecular complexity index is 258. The number of nitrogens with one attached hydrogen (secondary N) is 1. The van der Waals surface area contributed by atoms with Crippen molar-refractivity contribution in [1.29, 1.82) is 0 Å². The van der Waals surface area contributed by atoms with Crippen LogP contribution in [0, 0.1) is 5.92 Å². The Kier molecular flexibility index (Phi) is 7.39. The van der Waals surface area contributed by atoms with Gasteiger partial charge < -0.3 is 15.1 Å². The largest absolute Gasteiger partial charge is 0.352 e. The molecular formula is C15H31N3O. The first-order chi connectivity index (χ1) is 8.97. The summed E-state index contributed by atoms with van der Waals surface area (Å²) in [5.74, 6) is 0.964. The van der Waals surface area contributed by atoms with E-state index in [0.717, 1.165) is 31.8 Å². The number of carbonyl (C=O) groups excluding carboxylic acids is 1. The molecule has 1 rings (SSSR count). The van der Waals surface area contributed by atoms with Crippen molar-refractivity contribution in [3.05, 3.63) is 0 Å². The van der Waals surface area contributed by atoms with Crippen LogP contribution in [0.3, 0.4) is 0 Å². The number of hydrogen-bond acceptors (Lipinski definition) is 3. The van der Waals surface area contributed by atoms with Crippen molar-refractivity contribution in [3.8, 4) is 0 Å². The van der Waals surface area contributed by atoms with Gasteiger partial charge in [-0.3, -0.25) is 4.79 Å². The maximum absolute atomic E-state index is 11.7. The average molecular weight is 269 g/mol. The molecule has 0 aromatic carbocycles. The average Bonchev–Trinajstić information content (AvgIpc) is 2.29. The minimum atomic E-state index is 0.156. The van der Waals surface area contributed by atoms with Gasteiger partial charge in [0.25, 0.3) is 0 Å². The molecule has 1 aliphatic heterocycles. The van der Waals surface area contributed by atoms with Crippen LogP contribution in [0.2, 0.25) is 0 Å². The summed E-state index contributed by atoms with van der Waals surface area (Å²) in [5.41, 5.74) is 0. The van der Waals surface area contributed by atoms with Crippen LogP contribution in [-0.4, -0.2) is 62.0 Å². The van der Waals surface area contributed by atoms with Gasteiger partial charge in [-0.25, -0.2) is 0 Å². The number of rotatable bonds is 7. The van der Waals surface area contributed by atoms with Crippen molar-refractivity contribution in [1.82, 2.24) is 15.1 Å². The molecule has 1 heterocycles. The molecule has 0 radical (unpaired) electrons. The first-order valence-corrected chi connectivity index (χ1v) is 7.64. The standard InChI is InChI=1S/C15H31N3O/c1-13(2)6-5-9-18-10-7-14(8-11-18)16-15(19)12-17(3)4/h13-14H,5-12H2,1-4H3,(H,16,19). The number of hydrogen-bond donors (Lipinski definition) is 1. The van der Waals surface area contributed by atoms with Gasteiger partial charge in [-0.05, 0) is 52.2 Å². The molecule has 0 aromatic heterocycles. The maximum Gasteiger partial charge on any atom is 0.234 e. The number of nitrogens with zero attached hydrogens (tertiary/aromatic N) is 2. The van der Waals surface area contributed by atoms with E-state index < -0.39 is 0 Å². The second-order valence-corrected chi connectivity index (χ2v) is 6.46. The summed E-state index contributed by atoms with van der Waals surface area (Å²) < 4.78 is 0. The number of likely N-dealkylation sites (tertiary alicyclic amines) is 1. The van der Waals surface area contributed by atoms with Crippen molar-refractivity contribution >= 4 is 5.91 Å². The van der Waals surface area contributed by atoms with Crippen LogP contribution in [0.4, 0.5) is 0 Å². The molecule has 0 unspecified atom stereocenters. The SMILES string of the molecule is CC(C)CCCN1CCC(NC(=O)CN(C)C)CC1. The van der Waals surface area contributed by atoms with E-state index in [1.54, 1.807) is 0 Å². The Labute approximate surface area is 118 Å². The molecule has 0 saturated carbocycles. The van der Waals surface area contributed by atoms with Gasteiger partial charge in [-0.1, -0.05) is 13.8 Å². The highest BCUT2D eigenvalue weighted by Gasteiger charge is 2.20. The molecular weight excluding hydrogens is 238 g/mol. The van der Waals surface area contributed by atoms with Gasteiger partial charge in [-0.15, -0.1) is 0 Å². The van der Waals surface area contributed by atoms with Crippen LogP contribution >= 0.6 is 0 Å². The summed E-state index contributed by atoms with van der Waals surface area (Å²) in [6.45, 7) is 8.54. The third-order valence-corrected chi connectivity index (χ3v) is 3.67. The van der Waals surface area contributed by atoms with Crippen LogP contribution in [0.15, 0.2) is 0 Å². The minimum Gasteiger partial charge on any atom is -0.352 e. The Balaban J connectivity index is 2.13. The molecule has 112 valence electrons. The van der Waals surface area contributed by atoms with E-state index in [4.69, 9.17) is 0 Å². The molecule has 1 N–H and O–H groups in total. The number of piperidine rings is 1. The maximum atomic E-state index is 11.7. The van der Waals surface area contributed by atoms with E-state index in [-0.39, 0.29) is 5.91 Å². The fourth-order valence-corrected chi connectivity index (χ4v) is 2.58. The number of likely N-dealkylation sites (N-methyl/N-ethyl adjacent to an activating group) is 1. The topological polar surface area (TPSA) is 35.6 Å². The fourth-order valence-electron chi connectivity index (χ4n) is 2.58. The Morgan fingerprint density at radius 2 is 1.95 bits per heavy atom. The summed E-state index contributed by atoms with van der Waals surface area (Å²) in [6.07, 6.45) is 4.82. The summed E-state index contributed by atoms with van der Waals surface area (Å²) in [6, 6.07) is 0.383. The summed E-state index contributed by atoms with van der Waals surface area (Å²) >= 11 is 0. The van der Waals surface area contributed by atoms with Crippen LogP contribution in [-0.2, 0) is 4.79 Å². The van der Waals surface area contributed by atoms with Crippen molar-refractivity contribution in [2.75, 3.05) is 40.3 Å². The van der Waals surface area contributed by atoms with Crippen molar-refractivity contribution < 1.29 is 4.79 Å². The third kappa shape index (κ3) is 7.53. The van der Waals surface area contributed by atoms with Crippen LogP contribution in [0.25, 0.3) is 0 Å². The lowest BCUT2D eigenvalue weighted by Crippen LogP contribution is -2.46. The predicted octanol–water partition coefficient (Wildman–Crippen LogP) is 1.56. The first kappa shape index (κ1) is 16.4. The molecule has 0 bridgehead atoms. The Morgan fingerprint density at radius 3 is 2.47 bits per heavy atom. The first-order valence-electron chi connectivity index (χ1n) is 7.64. The molecule has 0 aliphatic carbocycles. The van der Waals surface area contributed by atoms with Crippen LogP contribution in [0.5, 0.6) is 0 Å². The van der Waals surface area contributed by atoms with E-state index in [1.807, 2.05) is 19.0 Å². The lowest BCUT2D eigenvalue weighted by atomic mass is 10.0. The highest BCUT2D eigenvalue weighted by molar-refractivity contribution is 5.78. The highest BCUT2D eigenvalue weighted by Crippen LogP contribution is 2.12. The second kappa shape index (κ2) is 8.54. The lowest BCUT2D eigenvalue weighted by Gasteiger charge is -2.32. The van der Waals surface area contributed by atoms with Crippen LogP contribution < -0.4 is 5.32 Å². The molecule has 1 aliphatic rings. The Morgan fingerprint density at radius 1 is 1.32 bits per heavy atom. The molecule has 1 amide bonds. The lowest BCUT2D eigenvalue weighted by molar-refractivity contribution is -0.122. The zero-order valence-corrected chi connectivity index (χ0v) is 13.1.